The Kier molecular flexibility index (Phi) is 9.54. The second-order valence-electron chi connectivity index (χ2n) is 9.48. The van der Waals surface area contributed by atoms with Gasteiger partial charge in [0, 0.05) is 19.2 Å². The molecule has 38 heavy (non-hydrogen) atoms. The number of nitrogens with one attached hydrogen (secondary N) is 1. The van der Waals surface area contributed by atoms with Crippen LogP contribution in [0, 0.1) is 5.92 Å². The standard InChI is InChI=1S/C28H36N6O2S2/c1-6-35-21-9-10-22(24(16-21)36-13-7-12-34(4)5)26-32-33-28(38-26)30-17-19(3)18(2)14-20-8-11-23-25(15-20)37-27(29)31-23/h8-11,15-16,19H,2,6-7,12-14,17H2,1,3-5H3,(H2,29,31)(H,30,33). The third kappa shape index (κ3) is 7.43. The molecule has 3 N–H and O–H groups in total. The van der Waals surface area contributed by atoms with Crippen LogP contribution in [0.4, 0.5) is 10.3 Å². The van der Waals surface area contributed by atoms with E-state index in [0.29, 0.717) is 18.3 Å². The summed E-state index contributed by atoms with van der Waals surface area (Å²) >= 11 is 3.03. The van der Waals surface area contributed by atoms with E-state index in [1.54, 1.807) is 0 Å². The number of nitrogen functional groups attached to an aromatic ring is 1. The molecule has 0 spiro atoms. The van der Waals surface area contributed by atoms with Gasteiger partial charge in [0.25, 0.3) is 0 Å². The minimum Gasteiger partial charge on any atom is -0.494 e. The molecule has 2 aromatic carbocycles. The molecular weight excluding hydrogens is 516 g/mol. The second kappa shape index (κ2) is 13.0. The summed E-state index contributed by atoms with van der Waals surface area (Å²) < 4.78 is 12.9. The molecule has 0 saturated carbocycles. The van der Waals surface area contributed by atoms with Gasteiger partial charge in [0.05, 0.1) is 29.0 Å². The van der Waals surface area contributed by atoms with Crippen LogP contribution in [-0.2, 0) is 6.42 Å². The Hall–Kier alpha value is -3.21. The summed E-state index contributed by atoms with van der Waals surface area (Å²) in [6, 6.07) is 12.2. The topological polar surface area (TPSA) is 98.4 Å². The highest BCUT2D eigenvalue weighted by molar-refractivity contribution is 7.22. The molecular formula is C28H36N6O2S2. The van der Waals surface area contributed by atoms with E-state index in [-0.39, 0.29) is 5.92 Å². The van der Waals surface area contributed by atoms with Gasteiger partial charge in [-0.2, -0.15) is 0 Å². The average Bonchev–Trinajstić information content (AvgIpc) is 3.50. The summed E-state index contributed by atoms with van der Waals surface area (Å²) in [5.74, 6) is 1.80. The van der Waals surface area contributed by atoms with Crippen molar-refractivity contribution in [2.24, 2.45) is 5.92 Å². The van der Waals surface area contributed by atoms with Crippen LogP contribution in [0.15, 0.2) is 48.6 Å². The van der Waals surface area contributed by atoms with Crippen molar-refractivity contribution in [2.75, 3.05) is 51.4 Å². The van der Waals surface area contributed by atoms with Crippen molar-refractivity contribution < 1.29 is 9.47 Å². The van der Waals surface area contributed by atoms with Crippen LogP contribution in [0.2, 0.25) is 0 Å². The Balaban J connectivity index is 1.37. The maximum Gasteiger partial charge on any atom is 0.206 e. The summed E-state index contributed by atoms with van der Waals surface area (Å²) in [5.41, 5.74) is 10.1. The number of aromatic nitrogens is 3. The molecule has 202 valence electrons. The Morgan fingerprint density at radius 2 is 1.97 bits per heavy atom. The van der Waals surface area contributed by atoms with Gasteiger partial charge < -0.3 is 25.4 Å². The molecule has 10 heteroatoms. The van der Waals surface area contributed by atoms with E-state index in [0.717, 1.165) is 68.9 Å². The molecule has 1 unspecified atom stereocenters. The minimum absolute atomic E-state index is 0.255. The first-order valence-corrected chi connectivity index (χ1v) is 14.4. The molecule has 0 radical (unpaired) electrons. The maximum absolute atomic E-state index is 6.14. The van der Waals surface area contributed by atoms with E-state index in [9.17, 15) is 0 Å². The summed E-state index contributed by atoms with van der Waals surface area (Å²) in [6.07, 6.45) is 1.74. The average molecular weight is 553 g/mol. The number of hydrogen-bond donors (Lipinski definition) is 2. The van der Waals surface area contributed by atoms with Gasteiger partial charge in [0.15, 0.2) is 10.1 Å². The van der Waals surface area contributed by atoms with Crippen LogP contribution in [0.25, 0.3) is 20.8 Å². The summed E-state index contributed by atoms with van der Waals surface area (Å²) in [4.78, 5) is 6.48. The number of nitrogens with zero attached hydrogens (tertiary/aromatic N) is 4. The third-order valence-electron chi connectivity index (χ3n) is 6.08. The Morgan fingerprint density at radius 3 is 2.76 bits per heavy atom. The normalized spacial score (nSPS) is 12.1. The van der Waals surface area contributed by atoms with Gasteiger partial charge in [-0.3, -0.25) is 0 Å². The molecule has 8 nitrogen and oxygen atoms in total. The largest absolute Gasteiger partial charge is 0.494 e. The Morgan fingerprint density at radius 1 is 1.13 bits per heavy atom. The molecule has 0 aliphatic heterocycles. The van der Waals surface area contributed by atoms with Crippen LogP contribution in [0.1, 0.15) is 25.8 Å². The molecule has 0 aliphatic rings. The lowest BCUT2D eigenvalue weighted by molar-refractivity contribution is 0.279. The Labute approximate surface area is 232 Å². The first kappa shape index (κ1) is 27.8. The van der Waals surface area contributed by atoms with Crippen molar-refractivity contribution in [1.82, 2.24) is 20.1 Å². The number of thiazole rings is 1. The maximum atomic E-state index is 6.14. The fraction of sp³-hybridized carbons (Fsp3) is 0.393. The highest BCUT2D eigenvalue weighted by Gasteiger charge is 2.15. The molecule has 1 atom stereocenters. The van der Waals surface area contributed by atoms with Gasteiger partial charge >= 0.3 is 0 Å². The number of rotatable bonds is 14. The number of benzene rings is 2. The molecule has 0 aliphatic carbocycles. The first-order valence-electron chi connectivity index (χ1n) is 12.8. The van der Waals surface area contributed by atoms with Crippen LogP contribution >= 0.6 is 22.7 Å². The number of fused-ring (bicyclic) bond motifs is 1. The zero-order valence-electron chi connectivity index (χ0n) is 22.5. The van der Waals surface area contributed by atoms with Crippen molar-refractivity contribution in [2.45, 2.75) is 26.7 Å². The SMILES string of the molecule is C=C(Cc1ccc2nc(N)sc2c1)C(C)CNc1nnc(-c2ccc(OCC)cc2OCCCN(C)C)s1. The van der Waals surface area contributed by atoms with Gasteiger partial charge in [0.1, 0.15) is 11.5 Å². The fourth-order valence-electron chi connectivity index (χ4n) is 3.94. The lowest BCUT2D eigenvalue weighted by atomic mass is 9.96. The molecule has 0 bridgehead atoms. The predicted molar refractivity (Wildman–Crippen MR) is 160 cm³/mol. The second-order valence-corrected chi connectivity index (χ2v) is 11.5. The van der Waals surface area contributed by atoms with Gasteiger partial charge in [-0.25, -0.2) is 4.98 Å². The Bertz CT molecular complexity index is 1370. The number of ether oxygens (including phenoxy) is 2. The van der Waals surface area contributed by atoms with E-state index in [4.69, 9.17) is 15.2 Å². The molecule has 4 aromatic rings. The smallest absolute Gasteiger partial charge is 0.206 e. The molecule has 2 heterocycles. The van der Waals surface area contributed by atoms with Gasteiger partial charge in [0.2, 0.25) is 5.13 Å². The minimum atomic E-state index is 0.255. The lowest BCUT2D eigenvalue weighted by Crippen LogP contribution is -2.15. The monoisotopic (exact) mass is 552 g/mol. The van der Waals surface area contributed by atoms with E-state index in [2.05, 4.69) is 65.1 Å². The van der Waals surface area contributed by atoms with Crippen LogP contribution in [0.5, 0.6) is 11.5 Å². The van der Waals surface area contributed by atoms with E-state index in [1.165, 1.54) is 28.2 Å². The van der Waals surface area contributed by atoms with Crippen molar-refractivity contribution in [3.8, 4) is 22.1 Å². The van der Waals surface area contributed by atoms with Gasteiger partial charge in [-0.1, -0.05) is 47.8 Å². The van der Waals surface area contributed by atoms with Gasteiger partial charge in [-0.05, 0) is 69.6 Å². The molecule has 0 amide bonds. The molecule has 0 saturated heterocycles. The summed E-state index contributed by atoms with van der Waals surface area (Å²) in [6.45, 7) is 11.4. The van der Waals surface area contributed by atoms with Crippen molar-refractivity contribution >= 4 is 43.2 Å². The number of anilines is 2. The van der Waals surface area contributed by atoms with Crippen LogP contribution in [0.3, 0.4) is 0 Å². The third-order valence-corrected chi connectivity index (χ3v) is 7.85. The molecule has 2 aromatic heterocycles. The van der Waals surface area contributed by atoms with Crippen molar-refractivity contribution in [1.29, 1.82) is 0 Å². The summed E-state index contributed by atoms with van der Waals surface area (Å²) in [5, 5.41) is 14.4. The van der Waals surface area contributed by atoms with Gasteiger partial charge in [-0.15, -0.1) is 10.2 Å². The first-order chi connectivity index (χ1) is 18.3. The number of hydrogen-bond acceptors (Lipinski definition) is 10. The van der Waals surface area contributed by atoms with Crippen molar-refractivity contribution in [3.05, 3.63) is 54.1 Å². The zero-order valence-corrected chi connectivity index (χ0v) is 24.1. The predicted octanol–water partition coefficient (Wildman–Crippen LogP) is 5.97. The van der Waals surface area contributed by atoms with Crippen molar-refractivity contribution in [3.63, 3.8) is 0 Å². The quantitative estimate of drug-likeness (QED) is 0.146. The van der Waals surface area contributed by atoms with Crippen LogP contribution in [-0.4, -0.2) is 60.5 Å². The fourth-order valence-corrected chi connectivity index (χ4v) is 5.52. The highest BCUT2D eigenvalue weighted by atomic mass is 32.1. The molecule has 4 rings (SSSR count). The summed E-state index contributed by atoms with van der Waals surface area (Å²) in [7, 11) is 4.12. The highest BCUT2D eigenvalue weighted by Crippen LogP contribution is 2.36. The van der Waals surface area contributed by atoms with E-state index < -0.39 is 0 Å². The lowest BCUT2D eigenvalue weighted by Gasteiger charge is -2.15. The zero-order chi connectivity index (χ0) is 27.1. The van der Waals surface area contributed by atoms with Crippen LogP contribution < -0.4 is 20.5 Å². The number of nitrogens with two attached hydrogens (primary N) is 1. The van der Waals surface area contributed by atoms with E-state index in [1.807, 2.05) is 31.2 Å². The van der Waals surface area contributed by atoms with E-state index >= 15 is 0 Å². The molecule has 0 fully saturated rings.